The van der Waals surface area contributed by atoms with Gasteiger partial charge in [0.2, 0.25) is 0 Å². The average Bonchev–Trinajstić information content (AvgIpc) is 3.16. The molecular formula is C18H35N3O2. The number of nitrogens with zero attached hydrogens (tertiary/aromatic N) is 1. The molecule has 2 fully saturated rings. The Balaban J connectivity index is 1.79. The number of amides is 1. The van der Waals surface area contributed by atoms with E-state index in [1.807, 2.05) is 20.8 Å². The molecule has 5 nitrogen and oxygen atoms in total. The second kappa shape index (κ2) is 7.39. The number of hydrogen-bond acceptors (Lipinski definition) is 4. The molecule has 1 saturated heterocycles. The number of likely N-dealkylation sites (tertiary alicyclic amines) is 1. The largest absolute Gasteiger partial charge is 0.444 e. The molecule has 3 atom stereocenters. The van der Waals surface area contributed by atoms with E-state index in [-0.39, 0.29) is 12.1 Å². The summed E-state index contributed by atoms with van der Waals surface area (Å²) in [6.07, 6.45) is 3.60. The van der Waals surface area contributed by atoms with Crippen LogP contribution in [0.4, 0.5) is 4.79 Å². The molecule has 0 radical (unpaired) electrons. The smallest absolute Gasteiger partial charge is 0.407 e. The van der Waals surface area contributed by atoms with Gasteiger partial charge in [0.25, 0.3) is 0 Å². The molecule has 1 saturated carbocycles. The van der Waals surface area contributed by atoms with Crippen LogP contribution in [0.2, 0.25) is 0 Å². The number of ether oxygens (including phenoxy) is 1. The van der Waals surface area contributed by atoms with Gasteiger partial charge in [-0.25, -0.2) is 4.79 Å². The lowest BCUT2D eigenvalue weighted by Gasteiger charge is -2.27. The van der Waals surface area contributed by atoms with Gasteiger partial charge in [0.1, 0.15) is 5.60 Å². The van der Waals surface area contributed by atoms with Crippen LogP contribution in [0.5, 0.6) is 0 Å². The zero-order valence-corrected chi connectivity index (χ0v) is 15.7. The molecule has 0 aromatic rings. The van der Waals surface area contributed by atoms with Crippen LogP contribution in [0.1, 0.15) is 60.8 Å². The molecule has 1 amide bonds. The first-order chi connectivity index (χ1) is 10.7. The first-order valence-electron chi connectivity index (χ1n) is 9.14. The van der Waals surface area contributed by atoms with Gasteiger partial charge in [-0.1, -0.05) is 13.8 Å². The van der Waals surface area contributed by atoms with Crippen LogP contribution in [0.25, 0.3) is 0 Å². The minimum absolute atomic E-state index is 0.277. The second-order valence-electron chi connectivity index (χ2n) is 8.61. The Morgan fingerprint density at radius 2 is 1.96 bits per heavy atom. The van der Waals surface area contributed by atoms with Crippen molar-refractivity contribution in [3.05, 3.63) is 0 Å². The van der Waals surface area contributed by atoms with E-state index < -0.39 is 5.60 Å². The molecule has 0 aromatic heterocycles. The zero-order valence-electron chi connectivity index (χ0n) is 15.7. The summed E-state index contributed by atoms with van der Waals surface area (Å²) >= 11 is 0. The summed E-state index contributed by atoms with van der Waals surface area (Å²) in [6.45, 7) is 14.1. The maximum Gasteiger partial charge on any atom is 0.407 e. The van der Waals surface area contributed by atoms with Gasteiger partial charge >= 0.3 is 6.09 Å². The van der Waals surface area contributed by atoms with Crippen LogP contribution < -0.4 is 10.6 Å². The van der Waals surface area contributed by atoms with Crippen LogP contribution >= 0.6 is 0 Å². The van der Waals surface area contributed by atoms with Crippen LogP contribution in [0, 0.1) is 5.92 Å². The lowest BCUT2D eigenvalue weighted by atomic mass is 10.0. The molecule has 0 bridgehead atoms. The summed E-state index contributed by atoms with van der Waals surface area (Å²) in [5, 5.41) is 6.68. The highest BCUT2D eigenvalue weighted by Gasteiger charge is 2.39. The molecule has 0 aromatic carbocycles. The fourth-order valence-corrected chi connectivity index (χ4v) is 3.39. The van der Waals surface area contributed by atoms with Crippen molar-refractivity contribution in [2.24, 2.45) is 5.92 Å². The summed E-state index contributed by atoms with van der Waals surface area (Å²) in [5.74, 6) is 0.468. The zero-order chi connectivity index (χ0) is 17.2. The molecule has 2 rings (SSSR count). The normalized spacial score (nSPS) is 27.3. The number of carbonyl (C=O) groups excluding carboxylic acids is 1. The first kappa shape index (κ1) is 18.5. The van der Waals surface area contributed by atoms with Crippen molar-refractivity contribution in [2.75, 3.05) is 13.1 Å². The second-order valence-corrected chi connectivity index (χ2v) is 8.61. The lowest BCUT2D eigenvalue weighted by molar-refractivity contribution is 0.0518. The van der Waals surface area contributed by atoms with Crippen molar-refractivity contribution >= 4 is 6.09 Å². The Morgan fingerprint density at radius 3 is 2.48 bits per heavy atom. The van der Waals surface area contributed by atoms with Crippen LogP contribution in [0.15, 0.2) is 0 Å². The molecule has 1 aliphatic heterocycles. The van der Waals surface area contributed by atoms with E-state index in [0.717, 1.165) is 12.6 Å². The number of nitrogens with one attached hydrogen (secondary N) is 2. The van der Waals surface area contributed by atoms with Gasteiger partial charge in [-0.3, -0.25) is 4.90 Å². The van der Waals surface area contributed by atoms with E-state index in [0.29, 0.717) is 24.5 Å². The number of carbonyl (C=O) groups is 1. The minimum atomic E-state index is -0.448. The van der Waals surface area contributed by atoms with E-state index in [1.54, 1.807) is 0 Å². The number of rotatable bonds is 6. The quantitative estimate of drug-likeness (QED) is 0.788. The highest BCUT2D eigenvalue weighted by molar-refractivity contribution is 5.67. The summed E-state index contributed by atoms with van der Waals surface area (Å²) in [7, 11) is 0. The predicted molar refractivity (Wildman–Crippen MR) is 93.6 cm³/mol. The van der Waals surface area contributed by atoms with Gasteiger partial charge in [-0.15, -0.1) is 0 Å². The molecule has 1 aliphatic carbocycles. The third-order valence-corrected chi connectivity index (χ3v) is 4.76. The highest BCUT2D eigenvalue weighted by atomic mass is 16.6. The van der Waals surface area contributed by atoms with Crippen molar-refractivity contribution in [2.45, 2.75) is 90.6 Å². The van der Waals surface area contributed by atoms with Gasteiger partial charge in [0.15, 0.2) is 0 Å². The molecule has 23 heavy (non-hydrogen) atoms. The third-order valence-electron chi connectivity index (χ3n) is 4.76. The third kappa shape index (κ3) is 5.96. The first-order valence-corrected chi connectivity index (χ1v) is 9.14. The van der Waals surface area contributed by atoms with E-state index in [4.69, 9.17) is 4.74 Å². The maximum absolute atomic E-state index is 11.9. The van der Waals surface area contributed by atoms with Gasteiger partial charge in [-0.2, -0.15) is 0 Å². The summed E-state index contributed by atoms with van der Waals surface area (Å²) in [4.78, 5) is 14.5. The van der Waals surface area contributed by atoms with Crippen LogP contribution in [-0.4, -0.2) is 53.9 Å². The lowest BCUT2D eigenvalue weighted by Crippen LogP contribution is -2.49. The molecule has 5 heteroatoms. The molecule has 2 N–H and O–H groups in total. The molecule has 2 aliphatic rings. The number of hydrogen-bond donors (Lipinski definition) is 2. The molecule has 1 heterocycles. The van der Waals surface area contributed by atoms with Crippen molar-refractivity contribution in [3.63, 3.8) is 0 Å². The van der Waals surface area contributed by atoms with Crippen molar-refractivity contribution < 1.29 is 9.53 Å². The van der Waals surface area contributed by atoms with Crippen molar-refractivity contribution in [1.82, 2.24) is 15.5 Å². The maximum atomic E-state index is 11.9. The number of alkyl carbamates (subject to hydrolysis) is 1. The molecule has 3 unspecified atom stereocenters. The summed E-state index contributed by atoms with van der Waals surface area (Å²) < 4.78 is 5.33. The standard InChI is InChI=1S/C18H35N3O2/c1-12(2)16(10-19-17(22)23-18(4,5)6)20-14-9-13(3)21(11-14)15-7-8-15/h12-16,20H,7-11H2,1-6H3,(H,19,22). The van der Waals surface area contributed by atoms with Crippen LogP contribution in [-0.2, 0) is 4.74 Å². The predicted octanol–water partition coefficient (Wildman–Crippen LogP) is 2.75. The van der Waals surface area contributed by atoms with E-state index >= 15 is 0 Å². The summed E-state index contributed by atoms with van der Waals surface area (Å²) in [6, 6.07) is 2.30. The van der Waals surface area contributed by atoms with Gasteiger partial charge in [-0.05, 0) is 52.9 Å². The fourth-order valence-electron chi connectivity index (χ4n) is 3.39. The monoisotopic (exact) mass is 325 g/mol. The highest BCUT2D eigenvalue weighted by Crippen LogP contribution is 2.33. The van der Waals surface area contributed by atoms with Crippen molar-refractivity contribution in [3.8, 4) is 0 Å². The Hall–Kier alpha value is -0.810. The van der Waals surface area contributed by atoms with Gasteiger partial charge < -0.3 is 15.4 Å². The van der Waals surface area contributed by atoms with Gasteiger partial charge in [0, 0.05) is 37.3 Å². The SMILES string of the molecule is CC(C)C(CNC(=O)OC(C)(C)C)NC1CC(C)N(C2CC2)C1. The molecular weight excluding hydrogens is 290 g/mol. The topological polar surface area (TPSA) is 53.6 Å². The van der Waals surface area contributed by atoms with E-state index in [9.17, 15) is 4.79 Å². The average molecular weight is 325 g/mol. The molecule has 134 valence electrons. The van der Waals surface area contributed by atoms with E-state index in [2.05, 4.69) is 36.3 Å². The summed E-state index contributed by atoms with van der Waals surface area (Å²) in [5.41, 5.74) is -0.448. The Bertz CT molecular complexity index is 402. The molecule has 0 spiro atoms. The van der Waals surface area contributed by atoms with E-state index in [1.165, 1.54) is 19.3 Å². The van der Waals surface area contributed by atoms with Crippen molar-refractivity contribution in [1.29, 1.82) is 0 Å². The minimum Gasteiger partial charge on any atom is -0.444 e. The fraction of sp³-hybridized carbons (Fsp3) is 0.944. The van der Waals surface area contributed by atoms with Crippen LogP contribution in [0.3, 0.4) is 0 Å². The van der Waals surface area contributed by atoms with Gasteiger partial charge in [0.05, 0.1) is 0 Å². The Kier molecular flexibility index (Phi) is 5.95. The Morgan fingerprint density at radius 1 is 1.30 bits per heavy atom. The Labute approximate surface area is 141 Å².